The number of ether oxygens (including phenoxy) is 3. The van der Waals surface area contributed by atoms with Gasteiger partial charge in [-0.15, -0.1) is 0 Å². The second-order valence-electron chi connectivity index (χ2n) is 5.58. The molecule has 1 aromatic rings. The van der Waals surface area contributed by atoms with Crippen molar-refractivity contribution < 1.29 is 19.0 Å². The van der Waals surface area contributed by atoms with E-state index in [1.54, 1.807) is 12.3 Å². The van der Waals surface area contributed by atoms with E-state index < -0.39 is 0 Å². The van der Waals surface area contributed by atoms with Gasteiger partial charge in [0, 0.05) is 44.8 Å². The van der Waals surface area contributed by atoms with Gasteiger partial charge in [-0.25, -0.2) is 4.98 Å². The summed E-state index contributed by atoms with van der Waals surface area (Å²) in [6.07, 6.45) is 4.15. The molecule has 0 saturated carbocycles. The Morgan fingerprint density at radius 2 is 2.18 bits per heavy atom. The standard InChI is InChI=1S/C15H21N3O4/c1-20-15-16-6-2-13(17-15)22-12-3-7-18(8-4-12)14(19)11-5-9-21-10-11/h2,6,11-12H,3-5,7-10H2,1H3. The number of nitrogens with zero attached hydrogens (tertiary/aromatic N) is 3. The SMILES string of the molecule is COc1nccc(OC2CCN(C(=O)C3CCOC3)CC2)n1. The maximum absolute atomic E-state index is 12.3. The van der Waals surface area contributed by atoms with Crippen molar-refractivity contribution in [3.63, 3.8) is 0 Å². The number of rotatable bonds is 4. The molecule has 2 aliphatic rings. The maximum atomic E-state index is 12.3. The number of hydrogen-bond acceptors (Lipinski definition) is 6. The zero-order valence-corrected chi connectivity index (χ0v) is 12.7. The van der Waals surface area contributed by atoms with Gasteiger partial charge in [0.05, 0.1) is 19.6 Å². The second kappa shape index (κ2) is 6.91. The van der Waals surface area contributed by atoms with Crippen molar-refractivity contribution in [1.82, 2.24) is 14.9 Å². The van der Waals surface area contributed by atoms with Gasteiger partial charge in [-0.2, -0.15) is 4.98 Å². The Labute approximate surface area is 129 Å². The molecule has 2 saturated heterocycles. The molecule has 7 nitrogen and oxygen atoms in total. The highest BCUT2D eigenvalue weighted by atomic mass is 16.5. The Morgan fingerprint density at radius 1 is 1.36 bits per heavy atom. The predicted molar refractivity (Wildman–Crippen MR) is 77.7 cm³/mol. The first-order valence-electron chi connectivity index (χ1n) is 7.66. The lowest BCUT2D eigenvalue weighted by molar-refractivity contribution is -0.137. The van der Waals surface area contributed by atoms with Gasteiger partial charge in [0.1, 0.15) is 6.10 Å². The zero-order valence-electron chi connectivity index (χ0n) is 12.7. The summed E-state index contributed by atoms with van der Waals surface area (Å²) in [4.78, 5) is 22.3. The van der Waals surface area contributed by atoms with Crippen LogP contribution < -0.4 is 9.47 Å². The summed E-state index contributed by atoms with van der Waals surface area (Å²) < 4.78 is 16.1. The Morgan fingerprint density at radius 3 is 2.86 bits per heavy atom. The summed E-state index contributed by atoms with van der Waals surface area (Å²) in [6, 6.07) is 2.02. The van der Waals surface area contributed by atoms with Crippen LogP contribution >= 0.6 is 0 Å². The number of methoxy groups -OCH3 is 1. The Kier molecular flexibility index (Phi) is 4.72. The first-order chi connectivity index (χ1) is 10.8. The number of carbonyl (C=O) groups excluding carboxylic acids is 1. The summed E-state index contributed by atoms with van der Waals surface area (Å²) in [5, 5.41) is 0. The van der Waals surface area contributed by atoms with Gasteiger partial charge in [-0.05, 0) is 6.42 Å². The monoisotopic (exact) mass is 307 g/mol. The molecule has 3 rings (SSSR count). The molecule has 1 amide bonds. The molecule has 3 heterocycles. The maximum Gasteiger partial charge on any atom is 0.319 e. The number of hydrogen-bond donors (Lipinski definition) is 0. The topological polar surface area (TPSA) is 73.8 Å². The summed E-state index contributed by atoms with van der Waals surface area (Å²) >= 11 is 0. The minimum absolute atomic E-state index is 0.0450. The van der Waals surface area contributed by atoms with Gasteiger partial charge in [0.2, 0.25) is 11.8 Å². The van der Waals surface area contributed by atoms with E-state index in [0.717, 1.165) is 32.4 Å². The van der Waals surface area contributed by atoms with Crippen molar-refractivity contribution >= 4 is 5.91 Å². The Balaban J connectivity index is 1.49. The van der Waals surface area contributed by atoms with E-state index in [0.29, 0.717) is 25.1 Å². The third-order valence-corrected chi connectivity index (χ3v) is 4.11. The number of aromatic nitrogens is 2. The molecule has 2 aliphatic heterocycles. The molecular formula is C15H21N3O4. The van der Waals surface area contributed by atoms with Gasteiger partial charge in [-0.3, -0.25) is 4.79 Å². The quantitative estimate of drug-likeness (QED) is 0.822. The van der Waals surface area contributed by atoms with E-state index in [9.17, 15) is 4.79 Å². The van der Waals surface area contributed by atoms with Crippen LogP contribution in [-0.2, 0) is 9.53 Å². The minimum atomic E-state index is 0.0450. The Hall–Kier alpha value is -1.89. The van der Waals surface area contributed by atoms with E-state index in [-0.39, 0.29) is 17.9 Å². The van der Waals surface area contributed by atoms with Crippen molar-refractivity contribution in [2.75, 3.05) is 33.4 Å². The van der Waals surface area contributed by atoms with Crippen molar-refractivity contribution in [2.24, 2.45) is 5.92 Å². The highest BCUT2D eigenvalue weighted by molar-refractivity contribution is 5.79. The molecular weight excluding hydrogens is 286 g/mol. The first-order valence-corrected chi connectivity index (χ1v) is 7.66. The van der Waals surface area contributed by atoms with Gasteiger partial charge in [0.25, 0.3) is 0 Å². The summed E-state index contributed by atoms with van der Waals surface area (Å²) in [7, 11) is 1.52. The summed E-state index contributed by atoms with van der Waals surface area (Å²) in [6.45, 7) is 2.71. The third kappa shape index (κ3) is 3.47. The number of amides is 1. The molecule has 1 unspecified atom stereocenters. The number of piperidine rings is 1. The predicted octanol–water partition coefficient (Wildman–Crippen LogP) is 0.891. The van der Waals surface area contributed by atoms with Crippen LogP contribution in [0.5, 0.6) is 11.9 Å². The van der Waals surface area contributed by atoms with E-state index in [4.69, 9.17) is 14.2 Å². The van der Waals surface area contributed by atoms with Gasteiger partial charge < -0.3 is 19.1 Å². The molecule has 0 bridgehead atoms. The third-order valence-electron chi connectivity index (χ3n) is 4.11. The van der Waals surface area contributed by atoms with Crippen LogP contribution in [0.15, 0.2) is 12.3 Å². The van der Waals surface area contributed by atoms with Gasteiger partial charge in [-0.1, -0.05) is 0 Å². The molecule has 0 spiro atoms. The van der Waals surface area contributed by atoms with Crippen molar-refractivity contribution in [1.29, 1.82) is 0 Å². The average molecular weight is 307 g/mol. The number of likely N-dealkylation sites (tertiary alicyclic amines) is 1. The normalized spacial score (nSPS) is 22.6. The largest absolute Gasteiger partial charge is 0.474 e. The molecule has 0 aliphatic carbocycles. The summed E-state index contributed by atoms with van der Waals surface area (Å²) in [5.41, 5.74) is 0. The van der Waals surface area contributed by atoms with E-state index >= 15 is 0 Å². The minimum Gasteiger partial charge on any atom is -0.474 e. The van der Waals surface area contributed by atoms with E-state index in [1.165, 1.54) is 7.11 Å². The van der Waals surface area contributed by atoms with Crippen LogP contribution in [-0.4, -0.2) is 60.3 Å². The van der Waals surface area contributed by atoms with E-state index in [2.05, 4.69) is 9.97 Å². The molecule has 0 aromatic carbocycles. The smallest absolute Gasteiger partial charge is 0.319 e. The van der Waals surface area contributed by atoms with Crippen LogP contribution in [0.4, 0.5) is 0 Å². The zero-order chi connectivity index (χ0) is 15.4. The molecule has 1 aromatic heterocycles. The second-order valence-corrected chi connectivity index (χ2v) is 5.58. The van der Waals surface area contributed by atoms with Crippen LogP contribution in [0.2, 0.25) is 0 Å². The lowest BCUT2D eigenvalue weighted by Gasteiger charge is -2.33. The fourth-order valence-corrected chi connectivity index (χ4v) is 2.84. The van der Waals surface area contributed by atoms with E-state index in [1.807, 2.05) is 4.90 Å². The highest BCUT2D eigenvalue weighted by Crippen LogP contribution is 2.22. The molecule has 1 atom stereocenters. The van der Waals surface area contributed by atoms with Crippen LogP contribution in [0.3, 0.4) is 0 Å². The molecule has 0 N–H and O–H groups in total. The van der Waals surface area contributed by atoms with Crippen molar-refractivity contribution in [2.45, 2.75) is 25.4 Å². The molecule has 0 radical (unpaired) electrons. The van der Waals surface area contributed by atoms with Crippen LogP contribution in [0.1, 0.15) is 19.3 Å². The average Bonchev–Trinajstić information content (AvgIpc) is 3.09. The highest BCUT2D eigenvalue weighted by Gasteiger charge is 2.31. The lowest BCUT2D eigenvalue weighted by Crippen LogP contribution is -2.44. The molecule has 2 fully saturated rings. The Bertz CT molecular complexity index is 511. The van der Waals surface area contributed by atoms with Gasteiger partial charge >= 0.3 is 6.01 Å². The van der Waals surface area contributed by atoms with Gasteiger partial charge in [0.15, 0.2) is 0 Å². The van der Waals surface area contributed by atoms with Crippen molar-refractivity contribution in [3.8, 4) is 11.9 Å². The molecule has 22 heavy (non-hydrogen) atoms. The van der Waals surface area contributed by atoms with Crippen molar-refractivity contribution in [3.05, 3.63) is 12.3 Å². The van der Waals surface area contributed by atoms with Crippen LogP contribution in [0, 0.1) is 5.92 Å². The van der Waals surface area contributed by atoms with Crippen LogP contribution in [0.25, 0.3) is 0 Å². The fraction of sp³-hybridized carbons (Fsp3) is 0.667. The lowest BCUT2D eigenvalue weighted by atomic mass is 10.0. The first kappa shape index (κ1) is 15.0. The molecule has 120 valence electrons. The summed E-state index contributed by atoms with van der Waals surface area (Å²) in [5.74, 6) is 0.782. The molecule has 7 heteroatoms. The fourth-order valence-electron chi connectivity index (χ4n) is 2.84. The number of carbonyl (C=O) groups is 1.